The summed E-state index contributed by atoms with van der Waals surface area (Å²) < 4.78 is 59.3. The van der Waals surface area contributed by atoms with Crippen molar-refractivity contribution in [3.8, 4) is 11.5 Å². The molecule has 5 aromatic rings. The molecule has 0 saturated carbocycles. The Morgan fingerprint density at radius 1 is 0.682 bits per heavy atom. The van der Waals surface area contributed by atoms with Crippen LogP contribution < -0.4 is 9.47 Å². The summed E-state index contributed by atoms with van der Waals surface area (Å²) in [6.45, 7) is 11.1. The summed E-state index contributed by atoms with van der Waals surface area (Å²) >= 11 is 0. The average Bonchev–Trinajstić information content (AvgIpc) is 3.33. The Kier molecular flexibility index (Phi) is 19.6. The van der Waals surface area contributed by atoms with Crippen LogP contribution in [0.4, 0.5) is 0 Å². The number of aliphatic hydroxyl groups excluding tert-OH is 1. The zero-order valence-electron chi connectivity index (χ0n) is 38.8. The van der Waals surface area contributed by atoms with Crippen molar-refractivity contribution < 1.29 is 47.7 Å². The van der Waals surface area contributed by atoms with Gasteiger partial charge in [0.2, 0.25) is 0 Å². The van der Waals surface area contributed by atoms with E-state index in [9.17, 15) is 10.6 Å². The second-order valence-corrected chi connectivity index (χ2v) is 20.8. The first kappa shape index (κ1) is 50.3. The first-order valence-electron chi connectivity index (χ1n) is 22.6. The van der Waals surface area contributed by atoms with Crippen LogP contribution in [0.5, 0.6) is 11.5 Å². The summed E-state index contributed by atoms with van der Waals surface area (Å²) in [7, 11) is -0.193. The quantitative estimate of drug-likeness (QED) is 0.0260. The lowest BCUT2D eigenvalue weighted by molar-refractivity contribution is -0.314. The van der Waals surface area contributed by atoms with Crippen molar-refractivity contribution in [2.75, 3.05) is 20.3 Å². The first-order valence-corrected chi connectivity index (χ1v) is 25.5. The highest BCUT2D eigenvalue weighted by atomic mass is 28.3. The summed E-state index contributed by atoms with van der Waals surface area (Å²) in [5, 5.41) is 16.8. The van der Waals surface area contributed by atoms with Gasteiger partial charge in [0.15, 0.2) is 6.29 Å². The molecule has 1 aliphatic heterocycles. The summed E-state index contributed by atoms with van der Waals surface area (Å²) in [4.78, 5) is 3.32. The van der Waals surface area contributed by atoms with Gasteiger partial charge in [0.05, 0.1) is 60.3 Å². The van der Waals surface area contributed by atoms with Crippen molar-refractivity contribution in [3.05, 3.63) is 178 Å². The molecule has 0 radical (unpaired) electrons. The standard InChI is InChI=1S/C52H65N3O10Si/c1-52(2,3)65-51(66(5)6)49(62-34-40-25-17-10-18-26-40)46(43(56)35-59-42-29-27-41(57-4)28-30-42)64-50-45(54-55-53)48(61-33-39-23-15-9-16-24-39)47(60-32-38-21-13-8-14-22-38)44(63-50)36-58-31-37-19-11-7-12-20-37/h7-30,43-51,56,66H,31-36H2,1-6H3/t43?,44-,45-,46?,47-,48-,49?,50+,51?/m1/s1. The Balaban J connectivity index is 1.41. The van der Waals surface area contributed by atoms with E-state index in [4.69, 9.17) is 42.6 Å². The van der Waals surface area contributed by atoms with Crippen molar-refractivity contribution in [2.45, 2.75) is 121 Å². The number of hydrogen-bond donors (Lipinski definition) is 1. The van der Waals surface area contributed by atoms with Crippen LogP contribution in [0.15, 0.2) is 151 Å². The topological polar surface area (TPSA) is 152 Å². The van der Waals surface area contributed by atoms with Crippen LogP contribution in [-0.2, 0) is 59.6 Å². The number of methoxy groups -OCH3 is 1. The van der Waals surface area contributed by atoms with Gasteiger partial charge >= 0.3 is 0 Å². The number of aliphatic hydroxyl groups is 1. The molecule has 1 N–H and O–H groups in total. The number of rotatable bonds is 25. The van der Waals surface area contributed by atoms with Crippen LogP contribution in [0.1, 0.15) is 43.0 Å². The molecule has 0 amide bonds. The van der Waals surface area contributed by atoms with Crippen LogP contribution in [-0.4, -0.2) is 94.5 Å². The third-order valence-corrected chi connectivity index (χ3v) is 12.8. The maximum atomic E-state index is 12.5. The molecule has 0 spiro atoms. The molecule has 1 heterocycles. The molecule has 9 atom stereocenters. The fourth-order valence-corrected chi connectivity index (χ4v) is 9.51. The highest BCUT2D eigenvalue weighted by Crippen LogP contribution is 2.34. The fraction of sp³-hybridized carbons (Fsp3) is 0.423. The van der Waals surface area contributed by atoms with Crippen molar-refractivity contribution in [2.24, 2.45) is 5.11 Å². The molecule has 1 saturated heterocycles. The lowest BCUT2D eigenvalue weighted by Gasteiger charge is -2.47. The molecule has 4 unspecified atom stereocenters. The van der Waals surface area contributed by atoms with Crippen molar-refractivity contribution >= 4 is 8.80 Å². The van der Waals surface area contributed by atoms with E-state index in [1.54, 1.807) is 31.4 Å². The number of benzene rings is 5. The lowest BCUT2D eigenvalue weighted by atomic mass is 9.96. The van der Waals surface area contributed by atoms with Gasteiger partial charge in [-0.25, -0.2) is 0 Å². The smallest absolute Gasteiger partial charge is 0.169 e. The SMILES string of the molecule is COc1ccc(OCC(O)C(O[C@@H]2O[C@H](COCc3ccccc3)[C@@H](OCc3ccccc3)[C@H](OCc3ccccc3)[C@H]2N=[N+]=[N-])C(OCc2ccccc2)C(OC(C)(C)C)[SiH](C)C)cc1. The maximum absolute atomic E-state index is 12.5. The van der Waals surface area contributed by atoms with E-state index >= 15 is 0 Å². The first-order chi connectivity index (χ1) is 32.0. The predicted octanol–water partition coefficient (Wildman–Crippen LogP) is 9.41. The monoisotopic (exact) mass is 919 g/mol. The fourth-order valence-electron chi connectivity index (χ4n) is 7.74. The molecule has 0 aromatic heterocycles. The number of hydrogen-bond acceptors (Lipinski definition) is 11. The zero-order valence-corrected chi connectivity index (χ0v) is 40.0. The highest BCUT2D eigenvalue weighted by Gasteiger charge is 2.51. The number of azide groups is 1. The molecule has 13 nitrogen and oxygen atoms in total. The van der Waals surface area contributed by atoms with Crippen LogP contribution in [0.2, 0.25) is 13.1 Å². The van der Waals surface area contributed by atoms with E-state index in [-0.39, 0.29) is 33.0 Å². The highest BCUT2D eigenvalue weighted by molar-refractivity contribution is 6.57. The van der Waals surface area contributed by atoms with Crippen molar-refractivity contribution in [1.29, 1.82) is 0 Å². The molecule has 5 aromatic carbocycles. The summed E-state index contributed by atoms with van der Waals surface area (Å²) in [5.74, 6) is 1.18. The van der Waals surface area contributed by atoms with E-state index in [1.807, 2.05) is 142 Å². The van der Waals surface area contributed by atoms with Crippen molar-refractivity contribution in [1.82, 2.24) is 0 Å². The average molecular weight is 920 g/mol. The number of nitrogens with zero attached hydrogens (tertiary/aromatic N) is 3. The minimum atomic E-state index is -1.79. The third kappa shape index (κ3) is 15.5. The van der Waals surface area contributed by atoms with Crippen LogP contribution in [0.25, 0.3) is 10.4 Å². The van der Waals surface area contributed by atoms with Gasteiger partial charge in [-0.3, -0.25) is 0 Å². The Hall–Kier alpha value is -5.09. The van der Waals surface area contributed by atoms with Gasteiger partial charge in [-0.2, -0.15) is 0 Å². The zero-order chi connectivity index (χ0) is 46.7. The molecular formula is C52H65N3O10Si. The summed E-state index contributed by atoms with van der Waals surface area (Å²) in [6, 6.07) is 45.2. The van der Waals surface area contributed by atoms with Gasteiger partial charge in [-0.1, -0.05) is 140 Å². The molecule has 14 heteroatoms. The molecule has 66 heavy (non-hydrogen) atoms. The Labute approximate surface area is 391 Å². The Bertz CT molecular complexity index is 2160. The van der Waals surface area contributed by atoms with Gasteiger partial charge in [-0.15, -0.1) is 0 Å². The van der Waals surface area contributed by atoms with Gasteiger partial charge in [0.1, 0.15) is 60.8 Å². The molecule has 0 bridgehead atoms. The minimum Gasteiger partial charge on any atom is -0.497 e. The second-order valence-electron chi connectivity index (χ2n) is 17.6. The molecule has 0 aliphatic carbocycles. The maximum Gasteiger partial charge on any atom is 0.169 e. The van der Waals surface area contributed by atoms with E-state index in [1.165, 1.54) is 0 Å². The lowest BCUT2D eigenvalue weighted by Crippen LogP contribution is -2.63. The van der Waals surface area contributed by atoms with Crippen LogP contribution in [0, 0.1) is 0 Å². The largest absolute Gasteiger partial charge is 0.497 e. The van der Waals surface area contributed by atoms with Crippen LogP contribution >= 0.6 is 0 Å². The molecule has 6 rings (SSSR count). The molecule has 1 fully saturated rings. The Morgan fingerprint density at radius 3 is 1.68 bits per heavy atom. The molecular weight excluding hydrogens is 855 g/mol. The van der Waals surface area contributed by atoms with E-state index < -0.39 is 69.1 Å². The Morgan fingerprint density at radius 2 is 1.18 bits per heavy atom. The summed E-state index contributed by atoms with van der Waals surface area (Å²) in [6.07, 6.45) is -7.13. The van der Waals surface area contributed by atoms with Gasteiger partial charge < -0.3 is 47.7 Å². The molecule has 1 aliphatic rings. The van der Waals surface area contributed by atoms with Crippen molar-refractivity contribution in [3.63, 3.8) is 0 Å². The van der Waals surface area contributed by atoms with Gasteiger partial charge in [-0.05, 0) is 72.8 Å². The minimum absolute atomic E-state index is 0.0683. The van der Waals surface area contributed by atoms with Gasteiger partial charge in [0, 0.05) is 4.91 Å². The van der Waals surface area contributed by atoms with Crippen LogP contribution in [0.3, 0.4) is 0 Å². The normalized spacial score (nSPS) is 20.5. The second kappa shape index (κ2) is 25.7. The van der Waals surface area contributed by atoms with E-state index in [2.05, 4.69) is 23.1 Å². The van der Waals surface area contributed by atoms with Gasteiger partial charge in [0.25, 0.3) is 0 Å². The van der Waals surface area contributed by atoms with E-state index in [0.29, 0.717) is 18.1 Å². The summed E-state index contributed by atoms with van der Waals surface area (Å²) in [5.41, 5.74) is 13.0. The number of ether oxygens (including phenoxy) is 9. The third-order valence-electron chi connectivity index (χ3n) is 11.0. The van der Waals surface area contributed by atoms with E-state index in [0.717, 1.165) is 22.3 Å². The predicted molar refractivity (Wildman–Crippen MR) is 256 cm³/mol. The molecule has 352 valence electrons.